The van der Waals surface area contributed by atoms with Crippen molar-refractivity contribution in [1.82, 2.24) is 0 Å². The van der Waals surface area contributed by atoms with Crippen LogP contribution in [0.15, 0.2) is 50.9 Å². The number of carbonyl (C=O) groups is 2. The highest BCUT2D eigenvalue weighted by molar-refractivity contribution is 9.11. The molecule has 104 valence electrons. The van der Waals surface area contributed by atoms with Gasteiger partial charge in [0.25, 0.3) is 0 Å². The van der Waals surface area contributed by atoms with E-state index in [0.717, 1.165) is 20.1 Å². The average molecular weight is 406 g/mol. The Morgan fingerprint density at radius 2 is 1.38 bits per heavy atom. The van der Waals surface area contributed by atoms with Gasteiger partial charge >= 0.3 is 0 Å². The summed E-state index contributed by atoms with van der Waals surface area (Å²) in [6, 6.07) is 10.7. The van der Waals surface area contributed by atoms with Gasteiger partial charge in [0.2, 0.25) is 0 Å². The zero-order valence-electron chi connectivity index (χ0n) is 11.1. The molecule has 2 aromatic carbocycles. The van der Waals surface area contributed by atoms with Gasteiger partial charge in [0, 0.05) is 20.1 Å². The number of benzene rings is 2. The second kappa shape index (κ2) is 5.35. The molecule has 0 unspecified atom stereocenters. The van der Waals surface area contributed by atoms with Crippen molar-refractivity contribution in [2.45, 2.75) is 6.92 Å². The monoisotopic (exact) mass is 404 g/mol. The molecule has 0 atom stereocenters. The number of fused-ring (bicyclic) bond motifs is 1. The van der Waals surface area contributed by atoms with Crippen LogP contribution in [0.3, 0.4) is 0 Å². The number of Topliss-reactive ketones (excluding diaryl/α,β-unsaturated/α-hetero) is 2. The van der Waals surface area contributed by atoms with E-state index in [-0.39, 0.29) is 17.1 Å². The van der Waals surface area contributed by atoms with Crippen molar-refractivity contribution in [3.63, 3.8) is 0 Å². The first-order valence-electron chi connectivity index (χ1n) is 6.35. The Hall–Kier alpha value is -1.52. The Morgan fingerprint density at radius 3 is 1.86 bits per heavy atom. The largest absolute Gasteiger partial charge is 0.288 e. The number of hydrogen-bond donors (Lipinski definition) is 0. The number of rotatable bonds is 1. The van der Waals surface area contributed by atoms with Gasteiger partial charge in [-0.2, -0.15) is 0 Å². The van der Waals surface area contributed by atoms with Crippen molar-refractivity contribution < 1.29 is 9.59 Å². The fourth-order valence-electron chi connectivity index (χ4n) is 2.32. The van der Waals surface area contributed by atoms with E-state index in [1.165, 1.54) is 0 Å². The molecule has 3 rings (SSSR count). The normalized spacial score (nSPS) is 13.6. The van der Waals surface area contributed by atoms with Crippen LogP contribution in [0.2, 0.25) is 0 Å². The number of carbonyl (C=O) groups excluding carboxylic acids is 2. The maximum Gasteiger partial charge on any atom is 0.197 e. The van der Waals surface area contributed by atoms with E-state index in [0.29, 0.717) is 11.1 Å². The van der Waals surface area contributed by atoms with E-state index >= 15 is 0 Å². The molecule has 0 bridgehead atoms. The molecule has 0 N–H and O–H groups in total. The lowest BCUT2D eigenvalue weighted by Crippen LogP contribution is -2.00. The van der Waals surface area contributed by atoms with E-state index in [1.807, 2.05) is 19.1 Å². The number of allylic oxidation sites excluding steroid dienone is 1. The molecule has 0 saturated heterocycles. The number of hydrogen-bond acceptors (Lipinski definition) is 2. The lowest BCUT2D eigenvalue weighted by Gasteiger charge is -2.04. The first kappa shape index (κ1) is 14.4. The van der Waals surface area contributed by atoms with Crippen molar-refractivity contribution in [3.05, 3.63) is 73.2 Å². The van der Waals surface area contributed by atoms with Crippen molar-refractivity contribution in [2.75, 3.05) is 0 Å². The maximum atomic E-state index is 12.3. The van der Waals surface area contributed by atoms with Gasteiger partial charge in [0.1, 0.15) is 0 Å². The van der Waals surface area contributed by atoms with Crippen LogP contribution in [0.5, 0.6) is 0 Å². The Labute approximate surface area is 139 Å². The smallest absolute Gasteiger partial charge is 0.197 e. The van der Waals surface area contributed by atoms with Crippen LogP contribution in [0, 0.1) is 6.92 Å². The second-order valence-electron chi connectivity index (χ2n) is 4.87. The molecule has 1 aliphatic rings. The molecule has 0 spiro atoms. The Morgan fingerprint density at radius 1 is 0.905 bits per heavy atom. The summed E-state index contributed by atoms with van der Waals surface area (Å²) in [6.07, 6.45) is 1.65. The summed E-state index contributed by atoms with van der Waals surface area (Å²) in [5.41, 5.74) is 3.07. The Kier molecular flexibility index (Phi) is 3.68. The molecule has 1 aliphatic carbocycles. The fraction of sp³-hybridized carbons (Fsp3) is 0.0588. The van der Waals surface area contributed by atoms with Gasteiger partial charge in [0.05, 0.1) is 5.57 Å². The molecule has 2 aromatic rings. The third kappa shape index (κ3) is 2.43. The summed E-state index contributed by atoms with van der Waals surface area (Å²) in [6.45, 7) is 1.98. The van der Waals surface area contributed by atoms with E-state index in [2.05, 4.69) is 31.9 Å². The minimum atomic E-state index is -0.205. The molecule has 2 nitrogen and oxygen atoms in total. The van der Waals surface area contributed by atoms with Crippen LogP contribution in [-0.2, 0) is 0 Å². The summed E-state index contributed by atoms with van der Waals surface area (Å²) < 4.78 is 1.86. The van der Waals surface area contributed by atoms with Crippen molar-refractivity contribution >= 4 is 49.5 Å². The molecular formula is C17H10Br2O2. The van der Waals surface area contributed by atoms with Gasteiger partial charge in [0.15, 0.2) is 11.6 Å². The van der Waals surface area contributed by atoms with Crippen molar-refractivity contribution in [3.8, 4) is 0 Å². The molecule has 0 radical (unpaired) electrons. The summed E-state index contributed by atoms with van der Waals surface area (Å²) in [5, 5.41) is 0. The molecule has 4 heteroatoms. The molecule has 0 aliphatic heterocycles. The standard InChI is InChI=1S/C17H10Br2O2/c1-9-14(18)7-10(8-15(9)19)6-13-16(20)11-4-2-3-5-12(11)17(13)21/h2-8H,1H3. The van der Waals surface area contributed by atoms with E-state index in [1.54, 1.807) is 30.3 Å². The summed E-state index contributed by atoms with van der Waals surface area (Å²) >= 11 is 6.95. The molecule has 0 amide bonds. The average Bonchev–Trinajstić information content (AvgIpc) is 2.70. The molecule has 0 aromatic heterocycles. The van der Waals surface area contributed by atoms with Gasteiger partial charge in [-0.1, -0.05) is 56.1 Å². The highest BCUT2D eigenvalue weighted by Gasteiger charge is 2.32. The van der Waals surface area contributed by atoms with E-state index in [4.69, 9.17) is 0 Å². The molecule has 0 saturated carbocycles. The number of ketones is 2. The molecular weight excluding hydrogens is 396 g/mol. The summed E-state index contributed by atoms with van der Waals surface area (Å²) in [7, 11) is 0. The maximum absolute atomic E-state index is 12.3. The van der Waals surface area contributed by atoms with Crippen molar-refractivity contribution in [1.29, 1.82) is 0 Å². The van der Waals surface area contributed by atoms with Gasteiger partial charge < -0.3 is 0 Å². The van der Waals surface area contributed by atoms with Crippen LogP contribution in [0.25, 0.3) is 6.08 Å². The van der Waals surface area contributed by atoms with E-state index in [9.17, 15) is 9.59 Å². The minimum absolute atomic E-state index is 0.205. The van der Waals surface area contributed by atoms with E-state index < -0.39 is 0 Å². The van der Waals surface area contributed by atoms with Crippen molar-refractivity contribution in [2.24, 2.45) is 0 Å². The molecule has 0 heterocycles. The summed E-state index contributed by atoms with van der Waals surface area (Å²) in [5.74, 6) is -0.410. The van der Waals surface area contributed by atoms with Crippen LogP contribution >= 0.6 is 31.9 Å². The first-order valence-corrected chi connectivity index (χ1v) is 7.93. The Balaban J connectivity index is 2.11. The summed E-state index contributed by atoms with van der Waals surface area (Å²) in [4.78, 5) is 24.7. The molecule has 21 heavy (non-hydrogen) atoms. The highest BCUT2D eigenvalue weighted by atomic mass is 79.9. The number of halogens is 2. The van der Waals surface area contributed by atoms with Crippen LogP contribution in [0.1, 0.15) is 31.8 Å². The minimum Gasteiger partial charge on any atom is -0.288 e. The quantitative estimate of drug-likeness (QED) is 0.495. The van der Waals surface area contributed by atoms with Gasteiger partial charge in [-0.15, -0.1) is 0 Å². The predicted octanol–water partition coefficient (Wildman–Crippen LogP) is 4.98. The first-order chi connectivity index (χ1) is 9.99. The van der Waals surface area contributed by atoms with Gasteiger partial charge in [-0.25, -0.2) is 0 Å². The van der Waals surface area contributed by atoms with Crippen LogP contribution < -0.4 is 0 Å². The second-order valence-corrected chi connectivity index (χ2v) is 6.58. The molecule has 0 fully saturated rings. The Bertz CT molecular complexity index is 759. The third-order valence-electron chi connectivity index (χ3n) is 3.52. The predicted molar refractivity (Wildman–Crippen MR) is 89.7 cm³/mol. The van der Waals surface area contributed by atoms with Gasteiger partial charge in [-0.3, -0.25) is 9.59 Å². The third-order valence-corrected chi connectivity index (χ3v) is 5.17. The SMILES string of the molecule is Cc1c(Br)cc(C=C2C(=O)c3ccccc3C2=O)cc1Br. The van der Waals surface area contributed by atoms with Gasteiger partial charge in [-0.05, 0) is 36.3 Å². The van der Waals surface area contributed by atoms with Crippen LogP contribution in [0.4, 0.5) is 0 Å². The lowest BCUT2D eigenvalue weighted by atomic mass is 10.1. The zero-order valence-corrected chi connectivity index (χ0v) is 14.3. The fourth-order valence-corrected chi connectivity index (χ4v) is 3.54. The zero-order chi connectivity index (χ0) is 15.1. The topological polar surface area (TPSA) is 34.1 Å². The highest BCUT2D eigenvalue weighted by Crippen LogP contribution is 2.31. The van der Waals surface area contributed by atoms with Crippen LogP contribution in [-0.4, -0.2) is 11.6 Å². The lowest BCUT2D eigenvalue weighted by molar-refractivity contribution is 0.0990.